The fourth-order valence-corrected chi connectivity index (χ4v) is 4.06. The van der Waals surface area contributed by atoms with E-state index in [-0.39, 0.29) is 12.2 Å². The molecule has 5 unspecified atom stereocenters. The Kier molecular flexibility index (Phi) is 6.85. The Labute approximate surface area is 201 Å². The van der Waals surface area contributed by atoms with Crippen molar-refractivity contribution in [3.63, 3.8) is 0 Å². The third-order valence-corrected chi connectivity index (χ3v) is 5.90. The van der Waals surface area contributed by atoms with Crippen LogP contribution >= 0.6 is 0 Å². The van der Waals surface area contributed by atoms with E-state index in [9.17, 15) is 65.9 Å². The van der Waals surface area contributed by atoms with Crippen LogP contribution in [0, 0.1) is 0 Å². The van der Waals surface area contributed by atoms with Gasteiger partial charge in [-0.3, -0.25) is 0 Å². The Morgan fingerprint density at radius 3 is 1.08 bits per heavy atom. The second kappa shape index (κ2) is 9.42. The SMILES string of the molecule is FC1=C(F)C(=C2C=C(C3=C(F)C(F)C(F)=C(F)C3F)C(C3=C(F)C(F)C(F)=C(F)C3F)=C2)C(F)C(F)=C1F. The van der Waals surface area contributed by atoms with E-state index in [1.54, 1.807) is 0 Å². The summed E-state index contributed by atoms with van der Waals surface area (Å²) in [4.78, 5) is 0. The highest BCUT2D eigenvalue weighted by Gasteiger charge is 2.47. The lowest BCUT2D eigenvalue weighted by Crippen LogP contribution is -2.26. The molecule has 4 aliphatic rings. The average Bonchev–Trinajstić information content (AvgIpc) is 3.30. The fraction of sp³-hybridized carbons (Fsp3) is 0.217. The van der Waals surface area contributed by atoms with Crippen LogP contribution in [0.2, 0.25) is 0 Å². The van der Waals surface area contributed by atoms with Crippen LogP contribution in [0.25, 0.3) is 0 Å². The maximum Gasteiger partial charge on any atom is 0.205 e. The first-order valence-electron chi connectivity index (χ1n) is 10.0. The van der Waals surface area contributed by atoms with Crippen molar-refractivity contribution >= 4 is 0 Å². The molecular weight excluding hydrogens is 561 g/mol. The van der Waals surface area contributed by atoms with Crippen molar-refractivity contribution in [2.24, 2.45) is 0 Å². The molecular formula is C23H7F15. The van der Waals surface area contributed by atoms with E-state index in [2.05, 4.69) is 0 Å². The van der Waals surface area contributed by atoms with E-state index in [4.69, 9.17) is 0 Å². The van der Waals surface area contributed by atoms with E-state index in [1.807, 2.05) is 0 Å². The first-order valence-corrected chi connectivity index (χ1v) is 10.0. The van der Waals surface area contributed by atoms with Crippen molar-refractivity contribution in [2.45, 2.75) is 30.9 Å². The first kappa shape index (κ1) is 27.6. The van der Waals surface area contributed by atoms with Crippen LogP contribution in [0.4, 0.5) is 65.9 Å². The summed E-state index contributed by atoms with van der Waals surface area (Å²) in [5, 5.41) is 0. The Bertz CT molecular complexity index is 1350. The third-order valence-electron chi connectivity index (χ3n) is 5.90. The monoisotopic (exact) mass is 568 g/mol. The molecule has 5 atom stereocenters. The van der Waals surface area contributed by atoms with Crippen molar-refractivity contribution in [1.82, 2.24) is 0 Å². The average molecular weight is 568 g/mol. The van der Waals surface area contributed by atoms with Gasteiger partial charge in [0.1, 0.15) is 11.7 Å². The minimum atomic E-state index is -3.67. The van der Waals surface area contributed by atoms with Gasteiger partial charge in [0.15, 0.2) is 65.1 Å². The number of allylic oxidation sites excluding steroid dienone is 18. The standard InChI is InChI=1S/C23H7F15/c24-9-6(10(25)16(31)21(36)15(9)30)3-1-4(7-11(26)17(32)22(37)18(33)12(7)27)5(2-3)8-13(28)19(34)23(38)20(35)14(8)29/h1-2,9,11,13,18,20H. The quantitative estimate of drug-likeness (QED) is 0.292. The lowest BCUT2D eigenvalue weighted by Gasteiger charge is -2.26. The minimum absolute atomic E-state index is 0.0398. The molecule has 0 bridgehead atoms. The predicted molar refractivity (Wildman–Crippen MR) is 101 cm³/mol. The van der Waals surface area contributed by atoms with Crippen LogP contribution in [0.1, 0.15) is 0 Å². The Balaban J connectivity index is 2.05. The molecule has 0 aromatic heterocycles. The Hall–Kier alpha value is -3.39. The highest BCUT2D eigenvalue weighted by Crippen LogP contribution is 2.51. The molecule has 0 nitrogen and oxygen atoms in total. The lowest BCUT2D eigenvalue weighted by atomic mass is 9.84. The van der Waals surface area contributed by atoms with E-state index in [0.29, 0.717) is 0 Å². The summed E-state index contributed by atoms with van der Waals surface area (Å²) >= 11 is 0. The van der Waals surface area contributed by atoms with Gasteiger partial charge < -0.3 is 0 Å². The molecule has 0 fully saturated rings. The van der Waals surface area contributed by atoms with Gasteiger partial charge in [0.2, 0.25) is 12.3 Å². The van der Waals surface area contributed by atoms with Gasteiger partial charge in [-0.2, -0.15) is 0 Å². The zero-order valence-electron chi connectivity index (χ0n) is 17.7. The van der Waals surface area contributed by atoms with E-state index < -0.39 is 123 Å². The van der Waals surface area contributed by atoms with E-state index in [0.717, 1.165) is 0 Å². The number of halogens is 15. The van der Waals surface area contributed by atoms with Gasteiger partial charge in [-0.1, -0.05) is 0 Å². The number of hydrogen-bond acceptors (Lipinski definition) is 0. The molecule has 4 rings (SSSR count). The zero-order chi connectivity index (χ0) is 28.5. The Morgan fingerprint density at radius 2 is 0.684 bits per heavy atom. The van der Waals surface area contributed by atoms with Crippen molar-refractivity contribution in [3.8, 4) is 0 Å². The molecule has 0 N–H and O–H groups in total. The summed E-state index contributed by atoms with van der Waals surface area (Å²) in [7, 11) is 0. The number of hydrogen-bond donors (Lipinski definition) is 0. The fourth-order valence-electron chi connectivity index (χ4n) is 4.06. The van der Waals surface area contributed by atoms with Crippen LogP contribution in [0.5, 0.6) is 0 Å². The molecule has 0 aromatic carbocycles. The highest BCUT2D eigenvalue weighted by atomic mass is 19.2. The number of alkyl halides is 5. The molecule has 0 spiro atoms. The topological polar surface area (TPSA) is 0 Å². The van der Waals surface area contributed by atoms with Gasteiger partial charge in [-0.05, 0) is 28.9 Å². The van der Waals surface area contributed by atoms with Crippen LogP contribution in [-0.4, -0.2) is 30.9 Å². The van der Waals surface area contributed by atoms with E-state index >= 15 is 0 Å². The van der Waals surface area contributed by atoms with Crippen molar-refractivity contribution in [2.75, 3.05) is 0 Å². The third kappa shape index (κ3) is 3.80. The number of rotatable bonds is 2. The maximum atomic E-state index is 14.6. The Morgan fingerprint density at radius 1 is 0.342 bits per heavy atom. The lowest BCUT2D eigenvalue weighted by molar-refractivity contribution is 0.251. The molecule has 38 heavy (non-hydrogen) atoms. The van der Waals surface area contributed by atoms with Gasteiger partial charge in [0.05, 0.1) is 0 Å². The molecule has 0 amide bonds. The van der Waals surface area contributed by atoms with Crippen molar-refractivity contribution in [1.29, 1.82) is 0 Å². The largest absolute Gasteiger partial charge is 0.234 e. The molecule has 0 radical (unpaired) electrons. The van der Waals surface area contributed by atoms with Gasteiger partial charge in [0, 0.05) is 16.7 Å². The first-order chi connectivity index (χ1) is 17.6. The molecule has 204 valence electrons. The van der Waals surface area contributed by atoms with Gasteiger partial charge in [-0.25, -0.2) is 65.9 Å². The maximum absolute atomic E-state index is 14.6. The molecule has 15 heteroatoms. The summed E-state index contributed by atoms with van der Waals surface area (Å²) in [6.07, 6.45) is -18.0. The summed E-state index contributed by atoms with van der Waals surface area (Å²) in [5.41, 5.74) is -10.0. The second-order valence-corrected chi connectivity index (χ2v) is 8.00. The van der Waals surface area contributed by atoms with Crippen LogP contribution in [-0.2, 0) is 0 Å². The molecule has 0 aliphatic heterocycles. The molecule has 0 heterocycles. The van der Waals surface area contributed by atoms with Crippen molar-refractivity contribution in [3.05, 3.63) is 104 Å². The van der Waals surface area contributed by atoms with Gasteiger partial charge >= 0.3 is 0 Å². The molecule has 0 saturated heterocycles. The van der Waals surface area contributed by atoms with Crippen molar-refractivity contribution < 1.29 is 65.9 Å². The van der Waals surface area contributed by atoms with Gasteiger partial charge in [0.25, 0.3) is 0 Å². The normalized spacial score (nSPS) is 31.4. The molecule has 0 saturated carbocycles. The minimum Gasteiger partial charge on any atom is -0.234 e. The van der Waals surface area contributed by atoms with E-state index in [1.165, 1.54) is 0 Å². The molecule has 0 aromatic rings. The van der Waals surface area contributed by atoms with Crippen LogP contribution in [0.3, 0.4) is 0 Å². The molecule has 4 aliphatic carbocycles. The summed E-state index contributed by atoms with van der Waals surface area (Å²) in [5.74, 6) is -25.8. The van der Waals surface area contributed by atoms with Crippen LogP contribution < -0.4 is 0 Å². The predicted octanol–water partition coefficient (Wildman–Crippen LogP) is 8.93. The van der Waals surface area contributed by atoms with Gasteiger partial charge in [-0.15, -0.1) is 0 Å². The summed E-state index contributed by atoms with van der Waals surface area (Å²) < 4.78 is 211. The highest BCUT2D eigenvalue weighted by molar-refractivity contribution is 5.73. The summed E-state index contributed by atoms with van der Waals surface area (Å²) in [6.45, 7) is 0. The summed E-state index contributed by atoms with van der Waals surface area (Å²) in [6, 6.07) is 0. The van der Waals surface area contributed by atoms with Crippen LogP contribution in [0.15, 0.2) is 104 Å². The smallest absolute Gasteiger partial charge is 0.205 e. The zero-order valence-corrected chi connectivity index (χ0v) is 17.7. The second-order valence-electron chi connectivity index (χ2n) is 8.00.